The largest absolute Gasteiger partial charge is 0.393 e. The van der Waals surface area contributed by atoms with E-state index in [1.807, 2.05) is 0 Å². The van der Waals surface area contributed by atoms with E-state index in [1.165, 1.54) is 7.11 Å². The van der Waals surface area contributed by atoms with Crippen LogP contribution in [0.15, 0.2) is 0 Å². The van der Waals surface area contributed by atoms with E-state index in [-0.39, 0.29) is 13.2 Å². The number of hydrogen-bond acceptors (Lipinski definition) is 3. The number of alkyl halides is 1. The molecule has 0 unspecified atom stereocenters. The van der Waals surface area contributed by atoms with Gasteiger partial charge in [0.05, 0.1) is 13.2 Å². The number of hydrogen-bond donors (Lipinski definition) is 2. The fourth-order valence-electron chi connectivity index (χ4n) is 0.828. The first-order chi connectivity index (χ1) is 5.24. The molecule has 0 atom stereocenters. The van der Waals surface area contributed by atoms with E-state index in [2.05, 4.69) is 15.9 Å². The number of aliphatic hydroxyl groups is 2. The second-order valence-electron chi connectivity index (χ2n) is 2.50. The summed E-state index contributed by atoms with van der Waals surface area (Å²) in [6.07, 6.45) is 1.55. The van der Waals surface area contributed by atoms with E-state index < -0.39 is 5.60 Å². The molecular formula is C7H15BrO3. The molecule has 0 spiro atoms. The van der Waals surface area contributed by atoms with E-state index in [9.17, 15) is 0 Å². The van der Waals surface area contributed by atoms with Gasteiger partial charge >= 0.3 is 0 Å². The first kappa shape index (κ1) is 11.4. The van der Waals surface area contributed by atoms with Crippen molar-refractivity contribution >= 4 is 15.9 Å². The van der Waals surface area contributed by atoms with Gasteiger partial charge in [-0.05, 0) is 12.8 Å². The Morgan fingerprint density at radius 1 is 1.36 bits per heavy atom. The van der Waals surface area contributed by atoms with Crippen LogP contribution in [0, 0.1) is 0 Å². The van der Waals surface area contributed by atoms with Gasteiger partial charge in [0.1, 0.15) is 5.60 Å². The predicted molar refractivity (Wildman–Crippen MR) is 46.9 cm³/mol. The summed E-state index contributed by atoms with van der Waals surface area (Å²) in [4.78, 5) is 0. The molecule has 0 heterocycles. The lowest BCUT2D eigenvalue weighted by molar-refractivity contribution is -0.0900. The average Bonchev–Trinajstić information content (AvgIpc) is 2.08. The minimum atomic E-state index is -0.742. The van der Waals surface area contributed by atoms with Crippen LogP contribution in [-0.4, -0.2) is 41.5 Å². The summed E-state index contributed by atoms with van der Waals surface area (Å²) in [6.45, 7) is -0.264. The van der Waals surface area contributed by atoms with Crippen LogP contribution < -0.4 is 0 Å². The monoisotopic (exact) mass is 226 g/mol. The molecule has 0 aliphatic carbocycles. The summed E-state index contributed by atoms with van der Waals surface area (Å²) in [7, 11) is 1.50. The third-order valence-electron chi connectivity index (χ3n) is 1.78. The lowest BCUT2D eigenvalue weighted by Crippen LogP contribution is -2.39. The van der Waals surface area contributed by atoms with Gasteiger partial charge in [-0.3, -0.25) is 0 Å². The fraction of sp³-hybridized carbons (Fsp3) is 1.00. The smallest absolute Gasteiger partial charge is 0.114 e. The van der Waals surface area contributed by atoms with Crippen molar-refractivity contribution in [1.29, 1.82) is 0 Å². The molecule has 0 bridgehead atoms. The minimum absolute atomic E-state index is 0.132. The Bertz CT molecular complexity index is 85.4. The Morgan fingerprint density at radius 2 is 1.91 bits per heavy atom. The number of methoxy groups -OCH3 is 1. The van der Waals surface area contributed by atoms with E-state index in [4.69, 9.17) is 14.9 Å². The quantitative estimate of drug-likeness (QED) is 0.651. The maximum Gasteiger partial charge on any atom is 0.114 e. The van der Waals surface area contributed by atoms with Crippen molar-refractivity contribution in [3.8, 4) is 0 Å². The number of aliphatic hydroxyl groups excluding tert-OH is 2. The molecule has 3 nitrogen and oxygen atoms in total. The van der Waals surface area contributed by atoms with Crippen LogP contribution in [0.4, 0.5) is 0 Å². The zero-order valence-electron chi connectivity index (χ0n) is 6.72. The van der Waals surface area contributed by atoms with Crippen molar-refractivity contribution in [3.05, 3.63) is 0 Å². The van der Waals surface area contributed by atoms with E-state index >= 15 is 0 Å². The van der Waals surface area contributed by atoms with Gasteiger partial charge in [0, 0.05) is 12.4 Å². The molecule has 0 amide bonds. The van der Waals surface area contributed by atoms with Crippen LogP contribution in [0.5, 0.6) is 0 Å². The van der Waals surface area contributed by atoms with E-state index in [1.54, 1.807) is 0 Å². The summed E-state index contributed by atoms with van der Waals surface area (Å²) in [5.41, 5.74) is -0.742. The lowest BCUT2D eigenvalue weighted by Gasteiger charge is -2.27. The van der Waals surface area contributed by atoms with Crippen molar-refractivity contribution in [3.63, 3.8) is 0 Å². The van der Waals surface area contributed by atoms with Crippen LogP contribution in [0.25, 0.3) is 0 Å². The molecule has 0 aliphatic rings. The Morgan fingerprint density at radius 3 is 2.18 bits per heavy atom. The van der Waals surface area contributed by atoms with Crippen LogP contribution >= 0.6 is 15.9 Å². The fourth-order valence-corrected chi connectivity index (χ4v) is 1.11. The second kappa shape index (κ2) is 5.94. The molecule has 68 valence electrons. The topological polar surface area (TPSA) is 49.7 Å². The molecule has 0 aliphatic heterocycles. The van der Waals surface area contributed by atoms with Crippen molar-refractivity contribution in [1.82, 2.24) is 0 Å². The molecule has 0 fully saturated rings. The van der Waals surface area contributed by atoms with Crippen molar-refractivity contribution in [2.75, 3.05) is 25.7 Å². The molecule has 0 rings (SSSR count). The van der Waals surface area contributed by atoms with Crippen molar-refractivity contribution in [2.24, 2.45) is 0 Å². The van der Waals surface area contributed by atoms with Crippen LogP contribution in [-0.2, 0) is 4.74 Å². The second-order valence-corrected chi connectivity index (χ2v) is 3.29. The highest BCUT2D eigenvalue weighted by Crippen LogP contribution is 2.16. The average molecular weight is 227 g/mol. The lowest BCUT2D eigenvalue weighted by atomic mass is 10.0. The van der Waals surface area contributed by atoms with E-state index in [0.717, 1.165) is 11.8 Å². The summed E-state index contributed by atoms with van der Waals surface area (Å²) in [5, 5.41) is 18.7. The highest BCUT2D eigenvalue weighted by molar-refractivity contribution is 9.09. The first-order valence-corrected chi connectivity index (χ1v) is 4.69. The predicted octanol–water partition coefficient (Wildman–Crippen LogP) is 0.531. The van der Waals surface area contributed by atoms with Gasteiger partial charge in [-0.15, -0.1) is 0 Å². The molecule has 0 aromatic heterocycles. The Balaban J connectivity index is 3.84. The zero-order valence-corrected chi connectivity index (χ0v) is 8.30. The van der Waals surface area contributed by atoms with Gasteiger partial charge in [-0.1, -0.05) is 15.9 Å². The molecular weight excluding hydrogens is 212 g/mol. The third-order valence-corrected chi connectivity index (χ3v) is 2.34. The highest BCUT2D eigenvalue weighted by atomic mass is 79.9. The molecule has 11 heavy (non-hydrogen) atoms. The zero-order chi connectivity index (χ0) is 8.74. The van der Waals surface area contributed by atoms with Gasteiger partial charge in [0.15, 0.2) is 0 Å². The molecule has 4 heteroatoms. The molecule has 0 saturated carbocycles. The summed E-state index contributed by atoms with van der Waals surface area (Å²) in [6, 6.07) is 0. The third kappa shape index (κ3) is 3.51. The Hall–Kier alpha value is 0.360. The molecule has 2 N–H and O–H groups in total. The van der Waals surface area contributed by atoms with Gasteiger partial charge in [0.2, 0.25) is 0 Å². The minimum Gasteiger partial charge on any atom is -0.393 e. The number of ether oxygens (including phenoxy) is 1. The number of halogens is 1. The summed E-state index contributed by atoms with van der Waals surface area (Å²) >= 11 is 3.27. The van der Waals surface area contributed by atoms with Gasteiger partial charge in [0.25, 0.3) is 0 Å². The Labute approximate surface area is 75.5 Å². The SMILES string of the molecule is COC(CO)(CO)CCCBr. The maximum atomic E-state index is 8.90. The standard InChI is InChI=1S/C7H15BrO3/c1-11-7(5-9,6-10)3-2-4-8/h9-10H,2-6H2,1H3. The van der Waals surface area contributed by atoms with Crippen LogP contribution in [0.3, 0.4) is 0 Å². The molecule has 0 aromatic rings. The van der Waals surface area contributed by atoms with Crippen LogP contribution in [0.2, 0.25) is 0 Å². The van der Waals surface area contributed by atoms with Crippen molar-refractivity contribution < 1.29 is 14.9 Å². The van der Waals surface area contributed by atoms with Crippen molar-refractivity contribution in [2.45, 2.75) is 18.4 Å². The normalized spacial score (nSPS) is 12.0. The molecule has 0 aromatic carbocycles. The van der Waals surface area contributed by atoms with Gasteiger partial charge in [-0.25, -0.2) is 0 Å². The summed E-state index contributed by atoms with van der Waals surface area (Å²) < 4.78 is 5.02. The molecule has 0 saturated heterocycles. The Kier molecular flexibility index (Phi) is 6.14. The highest BCUT2D eigenvalue weighted by Gasteiger charge is 2.27. The van der Waals surface area contributed by atoms with Crippen LogP contribution in [0.1, 0.15) is 12.8 Å². The van der Waals surface area contributed by atoms with Gasteiger partial charge < -0.3 is 14.9 Å². The van der Waals surface area contributed by atoms with E-state index in [0.29, 0.717) is 6.42 Å². The maximum absolute atomic E-state index is 8.90. The summed E-state index contributed by atoms with van der Waals surface area (Å²) in [5.74, 6) is 0. The molecule has 0 radical (unpaired) electrons. The number of rotatable bonds is 6. The first-order valence-electron chi connectivity index (χ1n) is 3.57. The van der Waals surface area contributed by atoms with Gasteiger partial charge in [-0.2, -0.15) is 0 Å².